The van der Waals surface area contributed by atoms with E-state index in [0.29, 0.717) is 16.3 Å². The van der Waals surface area contributed by atoms with Crippen LogP contribution in [0.4, 0.5) is 10.1 Å². The SMILES string of the molecule is Cc1ccc(-c2cc(F)cc(Cl)c2)c(N)c1. The Bertz CT molecular complexity index is 517. The highest BCUT2D eigenvalue weighted by Crippen LogP contribution is 2.29. The molecule has 3 heteroatoms. The minimum Gasteiger partial charge on any atom is -0.398 e. The van der Waals surface area contributed by atoms with E-state index in [1.54, 1.807) is 6.07 Å². The molecule has 0 saturated heterocycles. The Kier molecular flexibility index (Phi) is 2.84. The Morgan fingerprint density at radius 1 is 1.12 bits per heavy atom. The van der Waals surface area contributed by atoms with Crippen molar-refractivity contribution in [2.24, 2.45) is 0 Å². The van der Waals surface area contributed by atoms with Crippen molar-refractivity contribution < 1.29 is 4.39 Å². The second-order valence-electron chi connectivity index (χ2n) is 3.75. The standard InChI is InChI=1S/C13H11ClFN/c1-8-2-3-12(13(16)4-8)9-5-10(14)7-11(15)6-9/h2-7H,16H2,1H3. The predicted molar refractivity (Wildman–Crippen MR) is 66.0 cm³/mol. The molecule has 1 nitrogen and oxygen atoms in total. The van der Waals surface area contributed by atoms with Gasteiger partial charge in [0.25, 0.3) is 0 Å². The lowest BCUT2D eigenvalue weighted by Crippen LogP contribution is -1.91. The molecule has 0 spiro atoms. The van der Waals surface area contributed by atoms with Crippen LogP contribution in [0.15, 0.2) is 36.4 Å². The van der Waals surface area contributed by atoms with Gasteiger partial charge < -0.3 is 5.73 Å². The summed E-state index contributed by atoms with van der Waals surface area (Å²) in [6.07, 6.45) is 0. The van der Waals surface area contributed by atoms with Crippen LogP contribution in [0, 0.1) is 12.7 Å². The van der Waals surface area contributed by atoms with Gasteiger partial charge in [-0.15, -0.1) is 0 Å². The molecule has 0 aliphatic carbocycles. The first-order valence-electron chi connectivity index (χ1n) is 4.89. The van der Waals surface area contributed by atoms with Gasteiger partial charge in [0.1, 0.15) is 5.82 Å². The third-order valence-corrected chi connectivity index (χ3v) is 2.60. The van der Waals surface area contributed by atoms with Gasteiger partial charge in [-0.25, -0.2) is 4.39 Å². The van der Waals surface area contributed by atoms with Crippen LogP contribution in [0.2, 0.25) is 5.02 Å². The third kappa shape index (κ3) is 2.17. The molecular formula is C13H11ClFN. The van der Waals surface area contributed by atoms with E-state index in [0.717, 1.165) is 11.1 Å². The number of benzene rings is 2. The quantitative estimate of drug-likeness (QED) is 0.742. The fourth-order valence-corrected chi connectivity index (χ4v) is 1.88. The maximum Gasteiger partial charge on any atom is 0.125 e. The fourth-order valence-electron chi connectivity index (χ4n) is 1.65. The molecule has 0 heterocycles. The van der Waals surface area contributed by atoms with Gasteiger partial charge in [0, 0.05) is 16.3 Å². The Morgan fingerprint density at radius 2 is 1.88 bits per heavy atom. The second-order valence-corrected chi connectivity index (χ2v) is 4.19. The summed E-state index contributed by atoms with van der Waals surface area (Å²) in [5.74, 6) is -0.359. The van der Waals surface area contributed by atoms with E-state index in [-0.39, 0.29) is 5.82 Å². The first-order chi connectivity index (χ1) is 7.56. The largest absolute Gasteiger partial charge is 0.398 e. The number of nitrogen functional groups attached to an aromatic ring is 1. The summed E-state index contributed by atoms with van der Waals surface area (Å²) in [6.45, 7) is 1.96. The van der Waals surface area contributed by atoms with Crippen molar-refractivity contribution in [3.8, 4) is 11.1 Å². The number of aryl methyl sites for hydroxylation is 1. The van der Waals surface area contributed by atoms with Crippen molar-refractivity contribution in [3.05, 3.63) is 52.8 Å². The van der Waals surface area contributed by atoms with Crippen LogP contribution < -0.4 is 5.73 Å². The molecule has 0 atom stereocenters. The zero-order chi connectivity index (χ0) is 11.7. The van der Waals surface area contributed by atoms with Crippen molar-refractivity contribution in [1.82, 2.24) is 0 Å². The van der Waals surface area contributed by atoms with Crippen LogP contribution in [0.5, 0.6) is 0 Å². The van der Waals surface area contributed by atoms with E-state index < -0.39 is 0 Å². The number of hydrogen-bond donors (Lipinski definition) is 1. The van der Waals surface area contributed by atoms with Crippen LogP contribution in [0.3, 0.4) is 0 Å². The molecule has 16 heavy (non-hydrogen) atoms. The molecule has 0 saturated carbocycles. The lowest BCUT2D eigenvalue weighted by atomic mass is 10.0. The maximum absolute atomic E-state index is 13.2. The molecule has 2 aromatic rings. The van der Waals surface area contributed by atoms with Gasteiger partial charge in [0.2, 0.25) is 0 Å². The van der Waals surface area contributed by atoms with Crippen molar-refractivity contribution in [3.63, 3.8) is 0 Å². The van der Waals surface area contributed by atoms with Gasteiger partial charge in [0.05, 0.1) is 0 Å². The minimum atomic E-state index is -0.359. The molecule has 0 aliphatic rings. The molecule has 2 aromatic carbocycles. The van der Waals surface area contributed by atoms with E-state index in [9.17, 15) is 4.39 Å². The normalized spacial score (nSPS) is 10.4. The second kappa shape index (κ2) is 4.14. The van der Waals surface area contributed by atoms with Crippen LogP contribution in [-0.4, -0.2) is 0 Å². The monoisotopic (exact) mass is 235 g/mol. The topological polar surface area (TPSA) is 26.0 Å². The van der Waals surface area contributed by atoms with Crippen LogP contribution >= 0.6 is 11.6 Å². The molecule has 0 radical (unpaired) electrons. The average molecular weight is 236 g/mol. The van der Waals surface area contributed by atoms with Crippen molar-refractivity contribution >= 4 is 17.3 Å². The zero-order valence-corrected chi connectivity index (χ0v) is 9.55. The molecule has 2 N–H and O–H groups in total. The molecule has 0 fully saturated rings. The predicted octanol–water partition coefficient (Wildman–Crippen LogP) is 4.04. The van der Waals surface area contributed by atoms with Crippen LogP contribution in [0.1, 0.15) is 5.56 Å². The van der Waals surface area contributed by atoms with Gasteiger partial charge >= 0.3 is 0 Å². The average Bonchev–Trinajstić information content (AvgIpc) is 2.15. The van der Waals surface area contributed by atoms with Gasteiger partial charge in [-0.2, -0.15) is 0 Å². The van der Waals surface area contributed by atoms with Crippen molar-refractivity contribution in [2.45, 2.75) is 6.92 Å². The Morgan fingerprint density at radius 3 is 2.50 bits per heavy atom. The summed E-state index contributed by atoms with van der Waals surface area (Å²) in [5.41, 5.74) is 9.08. The van der Waals surface area contributed by atoms with Crippen molar-refractivity contribution in [1.29, 1.82) is 0 Å². The highest BCUT2D eigenvalue weighted by atomic mass is 35.5. The number of hydrogen-bond acceptors (Lipinski definition) is 1. The minimum absolute atomic E-state index is 0.359. The molecule has 82 valence electrons. The van der Waals surface area contributed by atoms with Gasteiger partial charge in [0.15, 0.2) is 0 Å². The molecule has 0 aromatic heterocycles. The number of anilines is 1. The Labute approximate surface area is 98.7 Å². The van der Waals surface area contributed by atoms with Gasteiger partial charge in [-0.3, -0.25) is 0 Å². The van der Waals surface area contributed by atoms with E-state index in [4.69, 9.17) is 17.3 Å². The first kappa shape index (κ1) is 11.0. The maximum atomic E-state index is 13.2. The van der Waals surface area contributed by atoms with E-state index in [2.05, 4.69) is 0 Å². The van der Waals surface area contributed by atoms with E-state index in [1.165, 1.54) is 12.1 Å². The summed E-state index contributed by atoms with van der Waals surface area (Å²) in [7, 11) is 0. The van der Waals surface area contributed by atoms with E-state index in [1.807, 2.05) is 25.1 Å². The van der Waals surface area contributed by atoms with Crippen LogP contribution in [-0.2, 0) is 0 Å². The zero-order valence-electron chi connectivity index (χ0n) is 8.80. The Hall–Kier alpha value is -1.54. The number of nitrogens with two attached hydrogens (primary N) is 1. The molecule has 0 aliphatic heterocycles. The van der Waals surface area contributed by atoms with Crippen molar-refractivity contribution in [2.75, 3.05) is 5.73 Å². The lowest BCUT2D eigenvalue weighted by molar-refractivity contribution is 0.628. The number of rotatable bonds is 1. The van der Waals surface area contributed by atoms with Crippen LogP contribution in [0.25, 0.3) is 11.1 Å². The molecule has 0 bridgehead atoms. The summed E-state index contributed by atoms with van der Waals surface area (Å²) >= 11 is 5.80. The van der Waals surface area contributed by atoms with Gasteiger partial charge in [-0.1, -0.05) is 23.7 Å². The smallest absolute Gasteiger partial charge is 0.125 e. The summed E-state index contributed by atoms with van der Waals surface area (Å²) < 4.78 is 13.2. The van der Waals surface area contributed by atoms with E-state index >= 15 is 0 Å². The highest BCUT2D eigenvalue weighted by Gasteiger charge is 2.05. The summed E-state index contributed by atoms with van der Waals surface area (Å²) in [4.78, 5) is 0. The molecule has 2 rings (SSSR count). The molecule has 0 unspecified atom stereocenters. The fraction of sp³-hybridized carbons (Fsp3) is 0.0769. The molecule has 0 amide bonds. The summed E-state index contributed by atoms with van der Waals surface area (Å²) in [6, 6.07) is 10.1. The van der Waals surface area contributed by atoms with Gasteiger partial charge in [-0.05, 0) is 42.3 Å². The highest BCUT2D eigenvalue weighted by molar-refractivity contribution is 6.30. The summed E-state index contributed by atoms with van der Waals surface area (Å²) in [5, 5.41) is 0.370. The first-order valence-corrected chi connectivity index (χ1v) is 5.26. The third-order valence-electron chi connectivity index (χ3n) is 2.38. The molecular weight excluding hydrogens is 225 g/mol. The lowest BCUT2D eigenvalue weighted by Gasteiger charge is -2.07. The number of halogens is 2. The Balaban J connectivity index is 2.58.